The normalized spacial score (nSPS) is 11.8. The van der Waals surface area contributed by atoms with E-state index in [2.05, 4.69) is 0 Å². The highest BCUT2D eigenvalue weighted by molar-refractivity contribution is 8.00. The van der Waals surface area contributed by atoms with E-state index in [4.69, 9.17) is 21.1 Å². The van der Waals surface area contributed by atoms with Crippen LogP contribution in [0.15, 0.2) is 53.4 Å². The molecule has 0 heterocycles. The summed E-state index contributed by atoms with van der Waals surface area (Å²) in [6, 6.07) is 14.5. The van der Waals surface area contributed by atoms with Gasteiger partial charge in [0.15, 0.2) is 11.5 Å². The fourth-order valence-corrected chi connectivity index (χ4v) is 2.74. The number of ether oxygens (including phenoxy) is 2. The van der Waals surface area contributed by atoms with E-state index in [9.17, 15) is 4.79 Å². The number of halogens is 1. The summed E-state index contributed by atoms with van der Waals surface area (Å²) in [6.45, 7) is 4.21. The topological polar surface area (TPSA) is 35.5 Å². The molecule has 3 nitrogen and oxygen atoms in total. The monoisotopic (exact) mass is 336 g/mol. The SMILES string of the molecule is CCOc1ccccc1OC(=O)C(C)Sc1ccc(Cl)cc1. The molecule has 0 saturated carbocycles. The number of benzene rings is 2. The lowest BCUT2D eigenvalue weighted by Gasteiger charge is -2.13. The first-order valence-corrected chi connectivity index (χ1v) is 8.21. The maximum Gasteiger partial charge on any atom is 0.324 e. The minimum Gasteiger partial charge on any atom is -0.490 e. The molecule has 0 fully saturated rings. The zero-order valence-corrected chi connectivity index (χ0v) is 14.0. The number of hydrogen-bond acceptors (Lipinski definition) is 4. The second kappa shape index (κ2) is 8.11. The molecular formula is C17H17ClO3S. The number of thioether (sulfide) groups is 1. The van der Waals surface area contributed by atoms with E-state index >= 15 is 0 Å². The summed E-state index contributed by atoms with van der Waals surface area (Å²) in [5.74, 6) is 0.701. The van der Waals surface area contributed by atoms with Gasteiger partial charge in [-0.15, -0.1) is 11.8 Å². The average Bonchev–Trinajstić information content (AvgIpc) is 2.51. The van der Waals surface area contributed by atoms with Crippen LogP contribution >= 0.6 is 23.4 Å². The summed E-state index contributed by atoms with van der Waals surface area (Å²) in [7, 11) is 0. The molecule has 2 aromatic rings. The van der Waals surface area contributed by atoms with E-state index in [1.54, 1.807) is 24.3 Å². The number of carbonyl (C=O) groups is 1. The fraction of sp³-hybridized carbons (Fsp3) is 0.235. The van der Waals surface area contributed by atoms with Crippen molar-refractivity contribution in [3.05, 3.63) is 53.6 Å². The van der Waals surface area contributed by atoms with Gasteiger partial charge in [-0.05, 0) is 50.2 Å². The van der Waals surface area contributed by atoms with Crippen molar-refractivity contribution < 1.29 is 14.3 Å². The fourth-order valence-electron chi connectivity index (χ4n) is 1.77. The van der Waals surface area contributed by atoms with Crippen LogP contribution in [-0.4, -0.2) is 17.8 Å². The summed E-state index contributed by atoms with van der Waals surface area (Å²) in [4.78, 5) is 13.2. The molecule has 0 N–H and O–H groups in total. The Hall–Kier alpha value is -1.65. The predicted molar refractivity (Wildman–Crippen MR) is 90.0 cm³/mol. The molecule has 0 aromatic heterocycles. The zero-order chi connectivity index (χ0) is 15.9. The standard InChI is InChI=1S/C17H17ClO3S/c1-3-20-15-6-4-5-7-16(15)21-17(19)12(2)22-14-10-8-13(18)9-11-14/h4-12H,3H2,1-2H3. The van der Waals surface area contributed by atoms with Gasteiger partial charge in [-0.3, -0.25) is 4.79 Å². The Morgan fingerprint density at radius 2 is 1.77 bits per heavy atom. The van der Waals surface area contributed by atoms with Crippen molar-refractivity contribution in [2.24, 2.45) is 0 Å². The van der Waals surface area contributed by atoms with Gasteiger partial charge in [-0.2, -0.15) is 0 Å². The highest BCUT2D eigenvalue weighted by Crippen LogP contribution is 2.29. The molecule has 1 atom stereocenters. The van der Waals surface area contributed by atoms with Crippen molar-refractivity contribution in [3.8, 4) is 11.5 Å². The number of para-hydroxylation sites is 2. The van der Waals surface area contributed by atoms with Gasteiger partial charge in [-0.1, -0.05) is 23.7 Å². The van der Waals surface area contributed by atoms with Crippen LogP contribution in [0.4, 0.5) is 0 Å². The molecule has 0 bridgehead atoms. The van der Waals surface area contributed by atoms with Gasteiger partial charge in [0.25, 0.3) is 0 Å². The highest BCUT2D eigenvalue weighted by Gasteiger charge is 2.18. The second-order valence-electron chi connectivity index (χ2n) is 4.51. The number of esters is 1. The van der Waals surface area contributed by atoms with Crippen LogP contribution in [0.5, 0.6) is 11.5 Å². The third-order valence-electron chi connectivity index (χ3n) is 2.82. The molecule has 2 aromatic carbocycles. The van der Waals surface area contributed by atoms with E-state index in [0.717, 1.165) is 4.90 Å². The number of hydrogen-bond donors (Lipinski definition) is 0. The molecule has 0 radical (unpaired) electrons. The summed E-state index contributed by atoms with van der Waals surface area (Å²) >= 11 is 7.28. The smallest absolute Gasteiger partial charge is 0.324 e. The quantitative estimate of drug-likeness (QED) is 0.430. The maximum absolute atomic E-state index is 12.2. The zero-order valence-electron chi connectivity index (χ0n) is 12.4. The minimum absolute atomic E-state index is 0.313. The summed E-state index contributed by atoms with van der Waals surface area (Å²) < 4.78 is 10.9. The van der Waals surface area contributed by atoms with E-state index in [1.165, 1.54) is 11.8 Å². The molecule has 0 aliphatic heterocycles. The maximum atomic E-state index is 12.2. The summed E-state index contributed by atoms with van der Waals surface area (Å²) in [5.41, 5.74) is 0. The molecule has 0 saturated heterocycles. The Labute approximate surface area is 139 Å². The van der Waals surface area contributed by atoms with Crippen LogP contribution in [0.1, 0.15) is 13.8 Å². The molecule has 2 rings (SSSR count). The van der Waals surface area contributed by atoms with Crippen molar-refractivity contribution in [2.75, 3.05) is 6.61 Å². The van der Waals surface area contributed by atoms with E-state index in [0.29, 0.717) is 23.1 Å². The first kappa shape index (κ1) is 16.7. The van der Waals surface area contributed by atoms with Crippen LogP contribution in [-0.2, 0) is 4.79 Å². The second-order valence-corrected chi connectivity index (χ2v) is 6.37. The summed E-state index contributed by atoms with van der Waals surface area (Å²) in [6.07, 6.45) is 0. The third kappa shape index (κ3) is 4.68. The van der Waals surface area contributed by atoms with Crippen molar-refractivity contribution in [2.45, 2.75) is 24.0 Å². The van der Waals surface area contributed by atoms with Gasteiger partial charge < -0.3 is 9.47 Å². The van der Waals surface area contributed by atoms with Crippen LogP contribution in [0.25, 0.3) is 0 Å². The Kier molecular flexibility index (Phi) is 6.16. The van der Waals surface area contributed by atoms with Gasteiger partial charge in [0.1, 0.15) is 5.25 Å². The van der Waals surface area contributed by atoms with Crippen molar-refractivity contribution >= 4 is 29.3 Å². The van der Waals surface area contributed by atoms with E-state index < -0.39 is 0 Å². The highest BCUT2D eigenvalue weighted by atomic mass is 35.5. The molecule has 0 amide bonds. The summed E-state index contributed by atoms with van der Waals surface area (Å²) in [5, 5.41) is 0.334. The molecule has 5 heteroatoms. The lowest BCUT2D eigenvalue weighted by Crippen LogP contribution is -2.20. The lowest BCUT2D eigenvalue weighted by molar-refractivity contribution is -0.133. The Balaban J connectivity index is 2.01. The lowest BCUT2D eigenvalue weighted by atomic mass is 10.3. The third-order valence-corrected chi connectivity index (χ3v) is 4.16. The van der Waals surface area contributed by atoms with E-state index in [-0.39, 0.29) is 11.2 Å². The molecule has 0 spiro atoms. The molecule has 22 heavy (non-hydrogen) atoms. The van der Waals surface area contributed by atoms with Crippen LogP contribution in [0.2, 0.25) is 5.02 Å². The molecular weight excluding hydrogens is 320 g/mol. The Morgan fingerprint density at radius 3 is 2.41 bits per heavy atom. The first-order chi connectivity index (χ1) is 10.6. The molecule has 0 aliphatic carbocycles. The average molecular weight is 337 g/mol. The van der Waals surface area contributed by atoms with Gasteiger partial charge in [-0.25, -0.2) is 0 Å². The largest absolute Gasteiger partial charge is 0.490 e. The van der Waals surface area contributed by atoms with Gasteiger partial charge in [0, 0.05) is 9.92 Å². The van der Waals surface area contributed by atoms with Gasteiger partial charge >= 0.3 is 5.97 Å². The predicted octanol–water partition coefficient (Wildman–Crippen LogP) is 4.82. The number of carbonyl (C=O) groups excluding carboxylic acids is 1. The van der Waals surface area contributed by atoms with E-state index in [1.807, 2.05) is 38.1 Å². The molecule has 0 aliphatic rings. The molecule has 116 valence electrons. The van der Waals surface area contributed by atoms with Crippen LogP contribution in [0, 0.1) is 0 Å². The number of rotatable bonds is 6. The van der Waals surface area contributed by atoms with Crippen molar-refractivity contribution in [1.29, 1.82) is 0 Å². The van der Waals surface area contributed by atoms with Crippen LogP contribution in [0.3, 0.4) is 0 Å². The van der Waals surface area contributed by atoms with Crippen molar-refractivity contribution in [3.63, 3.8) is 0 Å². The Bertz CT molecular complexity index is 628. The van der Waals surface area contributed by atoms with Gasteiger partial charge in [0.05, 0.1) is 6.61 Å². The molecule has 1 unspecified atom stereocenters. The first-order valence-electron chi connectivity index (χ1n) is 6.96. The van der Waals surface area contributed by atoms with Gasteiger partial charge in [0.2, 0.25) is 0 Å². The minimum atomic E-state index is -0.337. The Morgan fingerprint density at radius 1 is 1.14 bits per heavy atom. The van der Waals surface area contributed by atoms with Crippen LogP contribution < -0.4 is 9.47 Å². The van der Waals surface area contributed by atoms with Crippen molar-refractivity contribution in [1.82, 2.24) is 0 Å².